The van der Waals surface area contributed by atoms with Gasteiger partial charge >= 0.3 is 0 Å². The zero-order valence-electron chi connectivity index (χ0n) is 9.90. The van der Waals surface area contributed by atoms with Crippen molar-refractivity contribution in [2.24, 2.45) is 11.1 Å². The van der Waals surface area contributed by atoms with Crippen molar-refractivity contribution in [3.05, 3.63) is 18.2 Å². The molecule has 84 valence electrons. The predicted octanol–water partition coefficient (Wildman–Crippen LogP) is 2.65. The van der Waals surface area contributed by atoms with Gasteiger partial charge in [0.25, 0.3) is 0 Å². The SMILES string of the molecule is C[C@@H](N)c1cncn1C1CCC(C)(C)C1. The monoisotopic (exact) mass is 207 g/mol. The van der Waals surface area contributed by atoms with E-state index in [1.54, 1.807) is 0 Å². The molecular weight excluding hydrogens is 186 g/mol. The van der Waals surface area contributed by atoms with Crippen molar-refractivity contribution in [1.29, 1.82) is 0 Å². The lowest BCUT2D eigenvalue weighted by Crippen LogP contribution is -2.15. The molecule has 2 rings (SSSR count). The molecule has 3 heteroatoms. The normalized spacial score (nSPS) is 26.8. The lowest BCUT2D eigenvalue weighted by molar-refractivity contribution is 0.355. The minimum atomic E-state index is 0.0798. The summed E-state index contributed by atoms with van der Waals surface area (Å²) < 4.78 is 2.28. The Kier molecular flexibility index (Phi) is 2.59. The van der Waals surface area contributed by atoms with Gasteiger partial charge in [-0.25, -0.2) is 4.98 Å². The van der Waals surface area contributed by atoms with Crippen LogP contribution in [0.15, 0.2) is 12.5 Å². The molecule has 0 amide bonds. The number of hydrogen-bond acceptors (Lipinski definition) is 2. The molecule has 3 nitrogen and oxygen atoms in total. The molecule has 2 atom stereocenters. The van der Waals surface area contributed by atoms with Crippen molar-refractivity contribution < 1.29 is 0 Å². The van der Waals surface area contributed by atoms with Crippen LogP contribution in [0.5, 0.6) is 0 Å². The van der Waals surface area contributed by atoms with Gasteiger partial charge in [-0.1, -0.05) is 13.8 Å². The van der Waals surface area contributed by atoms with E-state index in [1.807, 2.05) is 19.4 Å². The number of rotatable bonds is 2. The van der Waals surface area contributed by atoms with E-state index >= 15 is 0 Å². The fourth-order valence-corrected chi connectivity index (χ4v) is 2.61. The average Bonchev–Trinajstić information content (AvgIpc) is 2.69. The summed E-state index contributed by atoms with van der Waals surface area (Å²) in [7, 11) is 0. The number of imidazole rings is 1. The van der Waals surface area contributed by atoms with E-state index in [0.29, 0.717) is 11.5 Å². The molecule has 15 heavy (non-hydrogen) atoms. The Bertz CT molecular complexity index is 338. The maximum atomic E-state index is 5.93. The van der Waals surface area contributed by atoms with Crippen molar-refractivity contribution in [2.45, 2.75) is 52.1 Å². The summed E-state index contributed by atoms with van der Waals surface area (Å²) in [4.78, 5) is 4.22. The fourth-order valence-electron chi connectivity index (χ4n) is 2.61. The maximum absolute atomic E-state index is 5.93. The van der Waals surface area contributed by atoms with Crippen molar-refractivity contribution in [2.75, 3.05) is 0 Å². The maximum Gasteiger partial charge on any atom is 0.0951 e. The zero-order chi connectivity index (χ0) is 11.1. The molecular formula is C12H21N3. The van der Waals surface area contributed by atoms with Gasteiger partial charge in [-0.2, -0.15) is 0 Å². The van der Waals surface area contributed by atoms with Gasteiger partial charge in [0.1, 0.15) is 0 Å². The Morgan fingerprint density at radius 1 is 1.60 bits per heavy atom. The van der Waals surface area contributed by atoms with Crippen molar-refractivity contribution >= 4 is 0 Å². The third-order valence-corrected chi connectivity index (χ3v) is 3.50. The van der Waals surface area contributed by atoms with Crippen LogP contribution in [0, 0.1) is 5.41 Å². The molecule has 2 N–H and O–H groups in total. The molecule has 1 aliphatic carbocycles. The fraction of sp³-hybridized carbons (Fsp3) is 0.750. The summed E-state index contributed by atoms with van der Waals surface area (Å²) in [5.41, 5.74) is 7.57. The molecule has 1 unspecified atom stereocenters. The minimum Gasteiger partial charge on any atom is -0.330 e. The Morgan fingerprint density at radius 2 is 2.33 bits per heavy atom. The van der Waals surface area contributed by atoms with Crippen LogP contribution in [-0.4, -0.2) is 9.55 Å². The highest BCUT2D eigenvalue weighted by molar-refractivity contribution is 5.06. The van der Waals surface area contributed by atoms with Crippen molar-refractivity contribution in [1.82, 2.24) is 9.55 Å². The van der Waals surface area contributed by atoms with Gasteiger partial charge in [0, 0.05) is 18.3 Å². The summed E-state index contributed by atoms with van der Waals surface area (Å²) in [6.07, 6.45) is 7.63. The number of aromatic nitrogens is 2. The molecule has 0 radical (unpaired) electrons. The van der Waals surface area contributed by atoms with Gasteiger partial charge in [0.2, 0.25) is 0 Å². The molecule has 1 heterocycles. The number of nitrogens with two attached hydrogens (primary N) is 1. The quantitative estimate of drug-likeness (QED) is 0.810. The third kappa shape index (κ3) is 2.07. The Morgan fingerprint density at radius 3 is 2.87 bits per heavy atom. The average molecular weight is 207 g/mol. The van der Waals surface area contributed by atoms with Crippen LogP contribution in [0.1, 0.15) is 57.8 Å². The van der Waals surface area contributed by atoms with E-state index < -0.39 is 0 Å². The zero-order valence-corrected chi connectivity index (χ0v) is 9.90. The lowest BCUT2D eigenvalue weighted by atomic mass is 9.92. The molecule has 0 bridgehead atoms. The molecule has 1 saturated carbocycles. The highest BCUT2D eigenvalue weighted by atomic mass is 15.1. The summed E-state index contributed by atoms with van der Waals surface area (Å²) >= 11 is 0. The van der Waals surface area contributed by atoms with Gasteiger partial charge in [-0.3, -0.25) is 0 Å². The molecule has 0 saturated heterocycles. The highest BCUT2D eigenvalue weighted by Gasteiger charge is 2.32. The van der Waals surface area contributed by atoms with Gasteiger partial charge in [0.15, 0.2) is 0 Å². The van der Waals surface area contributed by atoms with Crippen LogP contribution in [-0.2, 0) is 0 Å². The predicted molar refractivity (Wildman–Crippen MR) is 61.5 cm³/mol. The molecule has 1 aromatic rings. The molecule has 0 aromatic carbocycles. The largest absolute Gasteiger partial charge is 0.330 e. The van der Waals surface area contributed by atoms with Gasteiger partial charge in [0.05, 0.1) is 12.0 Å². The standard InChI is InChI=1S/C12H21N3/c1-9(13)11-7-14-8-15(11)10-4-5-12(2,3)6-10/h7-10H,4-6,13H2,1-3H3/t9-,10?/m1/s1. The van der Waals surface area contributed by atoms with E-state index in [2.05, 4.69) is 23.4 Å². The Balaban J connectivity index is 2.20. The van der Waals surface area contributed by atoms with Crippen LogP contribution in [0.4, 0.5) is 0 Å². The molecule has 0 aliphatic heterocycles. The molecule has 0 spiro atoms. The van der Waals surface area contributed by atoms with Crippen LogP contribution in [0.2, 0.25) is 0 Å². The van der Waals surface area contributed by atoms with E-state index in [9.17, 15) is 0 Å². The minimum absolute atomic E-state index is 0.0798. The first-order valence-corrected chi connectivity index (χ1v) is 5.77. The van der Waals surface area contributed by atoms with Gasteiger partial charge in [-0.05, 0) is 31.6 Å². The van der Waals surface area contributed by atoms with E-state index in [-0.39, 0.29) is 6.04 Å². The van der Waals surface area contributed by atoms with Crippen LogP contribution in [0.3, 0.4) is 0 Å². The van der Waals surface area contributed by atoms with E-state index in [4.69, 9.17) is 5.73 Å². The first kappa shape index (κ1) is 10.7. The lowest BCUT2D eigenvalue weighted by Gasteiger charge is -2.20. The van der Waals surface area contributed by atoms with Gasteiger partial charge < -0.3 is 10.3 Å². The van der Waals surface area contributed by atoms with E-state index in [0.717, 1.165) is 5.69 Å². The number of nitrogens with zero attached hydrogens (tertiary/aromatic N) is 2. The van der Waals surface area contributed by atoms with Crippen molar-refractivity contribution in [3.8, 4) is 0 Å². The third-order valence-electron chi connectivity index (χ3n) is 3.50. The highest BCUT2D eigenvalue weighted by Crippen LogP contribution is 2.44. The number of hydrogen-bond donors (Lipinski definition) is 1. The van der Waals surface area contributed by atoms with Crippen LogP contribution in [0.25, 0.3) is 0 Å². The smallest absolute Gasteiger partial charge is 0.0951 e. The van der Waals surface area contributed by atoms with Crippen LogP contribution >= 0.6 is 0 Å². The Hall–Kier alpha value is -0.830. The summed E-state index contributed by atoms with van der Waals surface area (Å²) in [6, 6.07) is 0.680. The molecule has 1 aliphatic rings. The second-order valence-electron chi connectivity index (χ2n) is 5.58. The summed E-state index contributed by atoms with van der Waals surface area (Å²) in [5, 5.41) is 0. The molecule has 1 fully saturated rings. The van der Waals surface area contributed by atoms with Gasteiger partial charge in [-0.15, -0.1) is 0 Å². The second kappa shape index (κ2) is 3.63. The summed E-state index contributed by atoms with van der Waals surface area (Å²) in [6.45, 7) is 6.71. The Labute approximate surface area is 91.7 Å². The first-order valence-electron chi connectivity index (χ1n) is 5.77. The van der Waals surface area contributed by atoms with Crippen molar-refractivity contribution in [3.63, 3.8) is 0 Å². The van der Waals surface area contributed by atoms with E-state index in [1.165, 1.54) is 19.3 Å². The first-order chi connectivity index (χ1) is 6.99. The molecule has 1 aromatic heterocycles. The van der Waals surface area contributed by atoms with Crippen LogP contribution < -0.4 is 5.73 Å². The second-order valence-corrected chi connectivity index (χ2v) is 5.58. The topological polar surface area (TPSA) is 43.8 Å². The summed E-state index contributed by atoms with van der Waals surface area (Å²) in [5.74, 6) is 0.